The number of hydrogen-bond acceptors (Lipinski definition) is 5. The first-order valence-corrected chi connectivity index (χ1v) is 13.1. The lowest BCUT2D eigenvalue weighted by atomic mass is 9.98. The Morgan fingerprint density at radius 3 is 2.14 bits per heavy atom. The van der Waals surface area contributed by atoms with Crippen LogP contribution in [0.15, 0.2) is 48.8 Å². The molecular formula is C29H40N6O2. The van der Waals surface area contributed by atoms with Gasteiger partial charge < -0.3 is 15.0 Å². The summed E-state index contributed by atoms with van der Waals surface area (Å²) in [5, 5.41) is 19.8. The van der Waals surface area contributed by atoms with Crippen LogP contribution in [0, 0.1) is 0 Å². The van der Waals surface area contributed by atoms with Crippen molar-refractivity contribution in [3.8, 4) is 0 Å². The minimum atomic E-state index is -0.440. The van der Waals surface area contributed by atoms with Gasteiger partial charge in [-0.25, -0.2) is 4.79 Å². The Balaban J connectivity index is 0.000000170. The molecule has 2 atom stereocenters. The molecule has 0 saturated carbocycles. The zero-order chi connectivity index (χ0) is 27.1. The van der Waals surface area contributed by atoms with Crippen LogP contribution in [0.25, 0.3) is 21.8 Å². The molecule has 8 heteroatoms. The highest BCUT2D eigenvalue weighted by Crippen LogP contribution is 2.30. The van der Waals surface area contributed by atoms with E-state index in [1.165, 1.54) is 22.9 Å². The zero-order valence-electron chi connectivity index (χ0n) is 23.4. The highest BCUT2D eigenvalue weighted by Gasteiger charge is 2.30. The van der Waals surface area contributed by atoms with Gasteiger partial charge in [0, 0.05) is 37.7 Å². The maximum absolute atomic E-state index is 12.1. The van der Waals surface area contributed by atoms with Gasteiger partial charge in [0.25, 0.3) is 0 Å². The molecule has 2 aliphatic heterocycles. The topological polar surface area (TPSA) is 98.9 Å². The number of benzene rings is 2. The number of rotatable bonds is 2. The molecule has 6 rings (SSSR count). The third-order valence-electron chi connectivity index (χ3n) is 6.78. The number of aromatic amines is 2. The van der Waals surface area contributed by atoms with E-state index >= 15 is 0 Å². The van der Waals surface area contributed by atoms with Crippen LogP contribution in [0.5, 0.6) is 0 Å². The molecule has 0 aliphatic carbocycles. The van der Waals surface area contributed by atoms with Gasteiger partial charge in [0.05, 0.1) is 23.4 Å². The van der Waals surface area contributed by atoms with E-state index in [0.717, 1.165) is 42.5 Å². The molecule has 0 spiro atoms. The van der Waals surface area contributed by atoms with E-state index in [4.69, 9.17) is 6.11 Å². The first-order valence-electron chi connectivity index (χ1n) is 13.8. The molecule has 2 aliphatic rings. The van der Waals surface area contributed by atoms with Crippen molar-refractivity contribution >= 4 is 27.9 Å². The zero-order valence-corrected chi connectivity index (χ0v) is 22.4. The van der Waals surface area contributed by atoms with E-state index < -0.39 is 5.60 Å². The largest absolute Gasteiger partial charge is 0.444 e. The number of carbonyl (C=O) groups excluding carboxylic acids is 1. The SMILES string of the molecule is CC(C)(C)OC(=O)N1CCC(c2ccc3cn[nH]c3c2)C1.[2H]CC.c1cc2cn[nH]c2cc1C1CCNC1. The summed E-state index contributed by atoms with van der Waals surface area (Å²) in [4.78, 5) is 13.9. The molecule has 2 fully saturated rings. The van der Waals surface area contributed by atoms with E-state index in [-0.39, 0.29) is 6.09 Å². The minimum Gasteiger partial charge on any atom is -0.444 e. The van der Waals surface area contributed by atoms with Crippen molar-refractivity contribution in [2.45, 2.75) is 64.9 Å². The monoisotopic (exact) mass is 505 g/mol. The molecular weight excluding hydrogens is 464 g/mol. The summed E-state index contributed by atoms with van der Waals surface area (Å²) >= 11 is 0. The van der Waals surface area contributed by atoms with Gasteiger partial charge in [-0.05, 0) is 69.3 Å². The molecule has 8 nitrogen and oxygen atoms in total. The molecule has 0 bridgehead atoms. The van der Waals surface area contributed by atoms with E-state index in [9.17, 15) is 4.79 Å². The second-order valence-electron chi connectivity index (χ2n) is 10.5. The number of nitrogens with zero attached hydrogens (tertiary/aromatic N) is 3. The number of ether oxygens (including phenoxy) is 1. The van der Waals surface area contributed by atoms with E-state index in [0.29, 0.717) is 25.3 Å². The van der Waals surface area contributed by atoms with Gasteiger partial charge >= 0.3 is 6.09 Å². The van der Waals surface area contributed by atoms with Crippen LogP contribution in [-0.2, 0) is 4.74 Å². The molecule has 2 saturated heterocycles. The fourth-order valence-corrected chi connectivity index (χ4v) is 4.88. The standard InChI is InChI=1S/C16H21N3O2.C11H13N3.C2H6/c1-16(2,3)21-15(20)19-7-6-13(10-19)11-4-5-12-9-17-18-14(12)8-11;1-2-10-7-13-14-11(10)5-8(1)9-3-4-12-6-9;1-2/h4-5,8-9,13H,6-7,10H2,1-3H3,(H,17,18);1-2,5,7,9,12H,3-4,6H2,(H,13,14);1-2H3/i;;1D. The summed E-state index contributed by atoms with van der Waals surface area (Å²) in [6.45, 7) is 11.7. The number of hydrogen-bond donors (Lipinski definition) is 3. The molecule has 4 aromatic rings. The molecule has 2 aromatic heterocycles. The lowest BCUT2D eigenvalue weighted by Gasteiger charge is -2.24. The van der Waals surface area contributed by atoms with Crippen molar-refractivity contribution in [2.75, 3.05) is 26.2 Å². The molecule has 0 radical (unpaired) electrons. The first-order chi connectivity index (χ1) is 18.3. The normalized spacial score (nSPS) is 19.7. The molecule has 37 heavy (non-hydrogen) atoms. The van der Waals surface area contributed by atoms with Gasteiger partial charge in [0.15, 0.2) is 0 Å². The van der Waals surface area contributed by atoms with Gasteiger partial charge in [-0.15, -0.1) is 0 Å². The second kappa shape index (κ2) is 11.8. The number of nitrogens with one attached hydrogen (secondary N) is 3. The smallest absolute Gasteiger partial charge is 0.410 e. The van der Waals surface area contributed by atoms with Crippen molar-refractivity contribution in [2.24, 2.45) is 0 Å². The summed E-state index contributed by atoms with van der Waals surface area (Å²) in [5.74, 6) is 1.05. The Labute approximate surface area is 220 Å². The fraction of sp³-hybridized carbons (Fsp3) is 0.483. The van der Waals surface area contributed by atoms with Crippen molar-refractivity contribution in [3.63, 3.8) is 0 Å². The average Bonchev–Trinajstić information content (AvgIpc) is 3.69. The van der Waals surface area contributed by atoms with E-state index in [1.807, 2.05) is 33.2 Å². The van der Waals surface area contributed by atoms with E-state index in [2.05, 4.69) is 62.1 Å². The molecule has 198 valence electrons. The lowest BCUT2D eigenvalue weighted by molar-refractivity contribution is 0.0292. The predicted octanol–water partition coefficient (Wildman–Crippen LogP) is 5.95. The second-order valence-corrected chi connectivity index (χ2v) is 10.5. The van der Waals surface area contributed by atoms with Crippen molar-refractivity contribution < 1.29 is 10.9 Å². The molecule has 2 aromatic carbocycles. The number of fused-ring (bicyclic) bond motifs is 2. The highest BCUT2D eigenvalue weighted by atomic mass is 16.6. The van der Waals surface area contributed by atoms with Crippen molar-refractivity contribution in [3.05, 3.63) is 59.9 Å². The van der Waals surface area contributed by atoms with Crippen molar-refractivity contribution in [1.82, 2.24) is 30.6 Å². The molecule has 1 amide bonds. The number of amides is 1. The van der Waals surface area contributed by atoms with Crippen LogP contribution in [0.2, 0.25) is 0 Å². The van der Waals surface area contributed by atoms with Gasteiger partial charge in [0.1, 0.15) is 5.60 Å². The fourth-order valence-electron chi connectivity index (χ4n) is 4.88. The first kappa shape index (κ1) is 25.3. The highest BCUT2D eigenvalue weighted by molar-refractivity contribution is 5.79. The molecule has 3 N–H and O–H groups in total. The van der Waals surface area contributed by atoms with Crippen LogP contribution in [-0.4, -0.2) is 63.2 Å². The van der Waals surface area contributed by atoms with Crippen LogP contribution >= 0.6 is 0 Å². The van der Waals surface area contributed by atoms with E-state index in [1.54, 1.807) is 11.8 Å². The maximum Gasteiger partial charge on any atom is 0.410 e. The van der Waals surface area contributed by atoms with Gasteiger partial charge in [-0.2, -0.15) is 10.2 Å². The average molecular weight is 506 g/mol. The number of carbonyl (C=O) groups is 1. The van der Waals surface area contributed by atoms with Crippen LogP contribution < -0.4 is 5.32 Å². The number of likely N-dealkylation sites (tertiary alicyclic amines) is 1. The minimum absolute atomic E-state index is 0.215. The maximum atomic E-state index is 12.1. The van der Waals surface area contributed by atoms with Crippen molar-refractivity contribution in [1.29, 1.82) is 0 Å². The Kier molecular flexibility index (Phi) is 8.04. The van der Waals surface area contributed by atoms with Gasteiger partial charge in [0.2, 0.25) is 0 Å². The summed E-state index contributed by atoms with van der Waals surface area (Å²) in [5.41, 5.74) is 4.42. The Bertz CT molecular complexity index is 1320. The van der Waals surface area contributed by atoms with Gasteiger partial charge in [-0.1, -0.05) is 38.1 Å². The lowest BCUT2D eigenvalue weighted by Crippen LogP contribution is -2.35. The third-order valence-corrected chi connectivity index (χ3v) is 6.78. The van der Waals surface area contributed by atoms with Gasteiger partial charge in [-0.3, -0.25) is 10.2 Å². The predicted molar refractivity (Wildman–Crippen MR) is 149 cm³/mol. The summed E-state index contributed by atoms with van der Waals surface area (Å²) in [7, 11) is 0. The molecule has 4 heterocycles. The quantitative estimate of drug-likeness (QED) is 0.312. The summed E-state index contributed by atoms with van der Waals surface area (Å²) in [6, 6.07) is 12.9. The Morgan fingerprint density at radius 2 is 1.59 bits per heavy atom. The van der Waals surface area contributed by atoms with Crippen LogP contribution in [0.3, 0.4) is 0 Å². The summed E-state index contributed by atoms with van der Waals surface area (Å²) in [6.07, 6.45) is 5.69. The van der Waals surface area contributed by atoms with Crippen LogP contribution in [0.4, 0.5) is 4.79 Å². The number of aromatic nitrogens is 4. The molecule has 2 unspecified atom stereocenters. The number of H-pyrrole nitrogens is 2. The summed E-state index contributed by atoms with van der Waals surface area (Å²) < 4.78 is 11.6. The Hall–Kier alpha value is -3.39. The Morgan fingerprint density at radius 1 is 1.00 bits per heavy atom. The third kappa shape index (κ3) is 6.68. The van der Waals surface area contributed by atoms with Crippen LogP contribution in [0.1, 0.15) is 71.8 Å².